The minimum Gasteiger partial charge on any atom is -0.376 e. The summed E-state index contributed by atoms with van der Waals surface area (Å²) in [5.41, 5.74) is 12.0. The third-order valence-corrected chi connectivity index (χ3v) is 9.94. The van der Waals surface area contributed by atoms with Crippen LogP contribution in [0.2, 0.25) is 0 Å². The Labute approximate surface area is 310 Å². The topological polar surface area (TPSA) is 76.5 Å². The van der Waals surface area contributed by atoms with E-state index in [1.54, 1.807) is 0 Å². The quantitative estimate of drug-likeness (QED) is 0.0229. The summed E-state index contributed by atoms with van der Waals surface area (Å²) in [6.45, 7) is 8.06. The minimum absolute atomic E-state index is 0.172. The Hall–Kier alpha value is -3.15. The number of azide groups is 1. The molecule has 6 heteroatoms. The summed E-state index contributed by atoms with van der Waals surface area (Å²) in [5, 5.41) is 4.40. The van der Waals surface area contributed by atoms with Gasteiger partial charge >= 0.3 is 0 Å². The van der Waals surface area contributed by atoms with Crippen molar-refractivity contribution in [2.24, 2.45) is 5.11 Å². The fourth-order valence-corrected chi connectivity index (χ4v) is 6.98. The molecule has 0 saturated heterocycles. The van der Waals surface area contributed by atoms with Gasteiger partial charge in [0, 0.05) is 18.1 Å². The first-order valence-electron chi connectivity index (χ1n) is 20.3. The molecule has 0 fully saturated rings. The molecular weight excluding hydrogens is 631 g/mol. The van der Waals surface area contributed by atoms with E-state index in [9.17, 15) is 5.53 Å². The van der Waals surface area contributed by atoms with Crippen LogP contribution in [-0.2, 0) is 19.8 Å². The van der Waals surface area contributed by atoms with E-state index in [1.165, 1.54) is 70.6 Å². The van der Waals surface area contributed by atoms with Crippen LogP contribution in [0.1, 0.15) is 147 Å². The fraction of sp³-hybridized carbons (Fsp3) is 0.600. The van der Waals surface area contributed by atoms with Gasteiger partial charge in [0.2, 0.25) is 0 Å². The van der Waals surface area contributed by atoms with Crippen LogP contribution in [0.15, 0.2) is 96.1 Å². The average Bonchev–Trinajstić information content (AvgIpc) is 3.18. The molecule has 3 aromatic rings. The van der Waals surface area contributed by atoms with Gasteiger partial charge in [-0.2, -0.15) is 0 Å². The third kappa shape index (κ3) is 14.8. The van der Waals surface area contributed by atoms with Gasteiger partial charge in [-0.3, -0.25) is 0 Å². The molecule has 3 rings (SSSR count). The Balaban J connectivity index is 1.81. The normalized spacial score (nSPS) is 13.4. The number of hydrogen-bond donors (Lipinski definition) is 0. The van der Waals surface area contributed by atoms with Crippen LogP contribution in [0.4, 0.5) is 0 Å². The predicted molar refractivity (Wildman–Crippen MR) is 213 cm³/mol. The highest BCUT2D eigenvalue weighted by molar-refractivity contribution is 5.47. The van der Waals surface area contributed by atoms with E-state index in [4.69, 9.17) is 14.2 Å². The lowest BCUT2D eigenvalue weighted by atomic mass is 9.80. The summed E-state index contributed by atoms with van der Waals surface area (Å²) >= 11 is 0. The van der Waals surface area contributed by atoms with Crippen molar-refractivity contribution in [3.8, 4) is 0 Å². The van der Waals surface area contributed by atoms with Gasteiger partial charge in [0.25, 0.3) is 0 Å². The van der Waals surface area contributed by atoms with E-state index < -0.39 is 17.7 Å². The van der Waals surface area contributed by atoms with Gasteiger partial charge in [0.1, 0.15) is 5.60 Å². The molecular formula is C45H67N3O3. The first-order chi connectivity index (χ1) is 25.2. The Morgan fingerprint density at radius 1 is 0.549 bits per heavy atom. The van der Waals surface area contributed by atoms with Crippen molar-refractivity contribution in [1.82, 2.24) is 0 Å². The van der Waals surface area contributed by atoms with Gasteiger partial charge in [-0.05, 0) is 41.5 Å². The number of benzene rings is 3. The fourth-order valence-electron chi connectivity index (χ4n) is 6.98. The second-order valence-corrected chi connectivity index (χ2v) is 14.0. The van der Waals surface area contributed by atoms with Gasteiger partial charge in [-0.25, -0.2) is 0 Å². The summed E-state index contributed by atoms with van der Waals surface area (Å²) < 4.78 is 20.5. The number of rotatable bonds is 30. The Kier molecular flexibility index (Phi) is 22.0. The highest BCUT2D eigenvalue weighted by Crippen LogP contribution is 2.41. The minimum atomic E-state index is -0.922. The van der Waals surface area contributed by atoms with E-state index in [2.05, 4.69) is 67.2 Å². The summed E-state index contributed by atoms with van der Waals surface area (Å²) in [5.74, 6) is 0. The summed E-state index contributed by atoms with van der Waals surface area (Å²) in [7, 11) is 0. The second-order valence-electron chi connectivity index (χ2n) is 14.0. The maximum atomic E-state index is 9.93. The van der Waals surface area contributed by atoms with Crippen molar-refractivity contribution in [2.45, 2.75) is 154 Å². The molecule has 3 atom stereocenters. The van der Waals surface area contributed by atoms with E-state index in [0.29, 0.717) is 13.2 Å². The summed E-state index contributed by atoms with van der Waals surface area (Å²) in [6, 6.07) is 30.5. The van der Waals surface area contributed by atoms with E-state index in [-0.39, 0.29) is 12.7 Å². The molecule has 0 aliphatic heterocycles. The van der Waals surface area contributed by atoms with Gasteiger partial charge in [0.05, 0.1) is 24.9 Å². The zero-order chi connectivity index (χ0) is 36.2. The van der Waals surface area contributed by atoms with Crippen molar-refractivity contribution in [3.05, 3.63) is 118 Å². The smallest absolute Gasteiger partial charge is 0.143 e. The third-order valence-electron chi connectivity index (χ3n) is 9.94. The van der Waals surface area contributed by atoms with Crippen LogP contribution in [-0.4, -0.2) is 38.1 Å². The lowest BCUT2D eigenvalue weighted by Gasteiger charge is -2.38. The molecule has 51 heavy (non-hydrogen) atoms. The standard InChI is InChI=1S/C45H67N3O3/c1-4-7-10-11-12-13-14-15-16-17-18-28-35-43(49-36-8-5-2)44(50-37-9-6-3)42(47-48-46)38-51-45(39-29-22-19-23-30-39,40-31-24-20-25-32-40)41-33-26-21-27-34-41/h19-27,29-34,42-44H,4-18,28,35-38H2,1-3H3/t42-,43+,44-/m0/s1. The molecule has 0 bridgehead atoms. The lowest BCUT2D eigenvalue weighted by molar-refractivity contribution is -0.106. The molecule has 280 valence electrons. The Morgan fingerprint density at radius 2 is 0.961 bits per heavy atom. The molecule has 0 saturated carbocycles. The highest BCUT2D eigenvalue weighted by atomic mass is 16.5. The van der Waals surface area contributed by atoms with Gasteiger partial charge in [-0.1, -0.05) is 207 Å². The van der Waals surface area contributed by atoms with E-state index >= 15 is 0 Å². The van der Waals surface area contributed by atoms with E-state index in [1.807, 2.05) is 54.6 Å². The van der Waals surface area contributed by atoms with Crippen LogP contribution >= 0.6 is 0 Å². The van der Waals surface area contributed by atoms with Crippen LogP contribution in [0.5, 0.6) is 0 Å². The van der Waals surface area contributed by atoms with Crippen molar-refractivity contribution in [1.29, 1.82) is 0 Å². The van der Waals surface area contributed by atoms with Crippen LogP contribution in [0.3, 0.4) is 0 Å². The highest BCUT2D eigenvalue weighted by Gasteiger charge is 2.40. The Bertz CT molecular complexity index is 1200. The summed E-state index contributed by atoms with van der Waals surface area (Å²) in [4.78, 5) is 3.36. The zero-order valence-electron chi connectivity index (χ0n) is 32.1. The lowest BCUT2D eigenvalue weighted by Crippen LogP contribution is -2.45. The van der Waals surface area contributed by atoms with Crippen LogP contribution in [0.25, 0.3) is 10.4 Å². The largest absolute Gasteiger partial charge is 0.376 e. The first-order valence-corrected chi connectivity index (χ1v) is 20.3. The number of nitrogens with zero attached hydrogens (tertiary/aromatic N) is 3. The molecule has 3 aromatic carbocycles. The second kappa shape index (κ2) is 26.6. The van der Waals surface area contributed by atoms with Crippen LogP contribution in [0, 0.1) is 0 Å². The molecule has 0 radical (unpaired) electrons. The summed E-state index contributed by atoms with van der Waals surface area (Å²) in [6.07, 6.45) is 20.0. The van der Waals surface area contributed by atoms with Crippen molar-refractivity contribution in [3.63, 3.8) is 0 Å². The molecule has 0 N–H and O–H groups in total. The average molecular weight is 698 g/mol. The van der Waals surface area contributed by atoms with Gasteiger partial charge in [-0.15, -0.1) is 0 Å². The van der Waals surface area contributed by atoms with Gasteiger partial charge in [0.15, 0.2) is 0 Å². The number of ether oxygens (including phenoxy) is 3. The molecule has 0 spiro atoms. The van der Waals surface area contributed by atoms with E-state index in [0.717, 1.165) is 55.2 Å². The van der Waals surface area contributed by atoms with Crippen molar-refractivity contribution < 1.29 is 14.2 Å². The van der Waals surface area contributed by atoms with Crippen molar-refractivity contribution in [2.75, 3.05) is 19.8 Å². The molecule has 6 nitrogen and oxygen atoms in total. The van der Waals surface area contributed by atoms with Crippen molar-refractivity contribution >= 4 is 0 Å². The molecule has 0 aliphatic rings. The predicted octanol–water partition coefficient (Wildman–Crippen LogP) is 13.1. The van der Waals surface area contributed by atoms with Crippen LogP contribution < -0.4 is 0 Å². The molecule has 0 aromatic heterocycles. The number of hydrogen-bond acceptors (Lipinski definition) is 4. The maximum Gasteiger partial charge on any atom is 0.143 e. The first kappa shape index (κ1) is 42.3. The zero-order valence-corrected chi connectivity index (χ0v) is 32.1. The maximum absolute atomic E-state index is 9.93. The van der Waals surface area contributed by atoms with Gasteiger partial charge < -0.3 is 14.2 Å². The molecule has 0 amide bonds. The molecule has 0 heterocycles. The SMILES string of the molecule is CCCCCCCCCCCCCC[C@@H](OCCCC)[C@@H](OCCCC)[C@H](COC(c1ccccc1)(c1ccccc1)c1ccccc1)N=[N+]=[N-]. The monoisotopic (exact) mass is 698 g/mol. The Morgan fingerprint density at radius 3 is 1.39 bits per heavy atom. The number of unbranched alkanes of at least 4 members (excludes halogenated alkanes) is 13. The molecule has 0 unspecified atom stereocenters. The molecule has 0 aliphatic carbocycles.